The second-order valence-corrected chi connectivity index (χ2v) is 4.90. The number of nitro groups is 1. The third kappa shape index (κ3) is 3.43. The minimum absolute atomic E-state index is 0.296. The van der Waals surface area contributed by atoms with Gasteiger partial charge in [0.25, 0.3) is 11.6 Å². The van der Waals surface area contributed by atoms with E-state index in [0.717, 1.165) is 12.1 Å². The van der Waals surface area contributed by atoms with Crippen molar-refractivity contribution in [1.82, 2.24) is 0 Å². The van der Waals surface area contributed by atoms with Crippen molar-refractivity contribution in [2.45, 2.75) is 6.92 Å². The molecule has 24 heavy (non-hydrogen) atoms. The number of methoxy groups -OCH3 is 2. The first-order valence-electron chi connectivity index (χ1n) is 6.85. The van der Waals surface area contributed by atoms with Crippen LogP contribution in [-0.2, 0) is 0 Å². The van der Waals surface area contributed by atoms with Gasteiger partial charge < -0.3 is 14.8 Å². The fraction of sp³-hybridized carbons (Fsp3) is 0.188. The van der Waals surface area contributed by atoms with E-state index < -0.39 is 22.3 Å². The summed E-state index contributed by atoms with van der Waals surface area (Å²) in [4.78, 5) is 22.1. The van der Waals surface area contributed by atoms with Gasteiger partial charge in [-0.1, -0.05) is 0 Å². The zero-order valence-corrected chi connectivity index (χ0v) is 13.3. The summed E-state index contributed by atoms with van der Waals surface area (Å²) in [5, 5.41) is 13.2. The minimum atomic E-state index is -0.972. The van der Waals surface area contributed by atoms with E-state index in [9.17, 15) is 19.3 Å². The number of carbonyl (C=O) groups is 1. The lowest BCUT2D eigenvalue weighted by Gasteiger charge is -2.13. The van der Waals surface area contributed by atoms with Gasteiger partial charge in [-0.15, -0.1) is 0 Å². The normalized spacial score (nSPS) is 10.2. The second kappa shape index (κ2) is 6.95. The molecule has 2 aromatic carbocycles. The predicted molar refractivity (Wildman–Crippen MR) is 85.3 cm³/mol. The molecule has 0 aliphatic carbocycles. The van der Waals surface area contributed by atoms with E-state index in [0.29, 0.717) is 28.8 Å². The third-order valence-corrected chi connectivity index (χ3v) is 3.39. The number of halogens is 1. The maximum absolute atomic E-state index is 13.9. The van der Waals surface area contributed by atoms with Crippen LogP contribution < -0.4 is 14.8 Å². The van der Waals surface area contributed by atoms with E-state index in [1.807, 2.05) is 0 Å². The van der Waals surface area contributed by atoms with Gasteiger partial charge >= 0.3 is 0 Å². The monoisotopic (exact) mass is 334 g/mol. The molecule has 0 fully saturated rings. The highest BCUT2D eigenvalue weighted by molar-refractivity contribution is 6.05. The van der Waals surface area contributed by atoms with Gasteiger partial charge in [-0.3, -0.25) is 14.9 Å². The Morgan fingerprint density at radius 1 is 1.17 bits per heavy atom. The molecule has 0 unspecified atom stereocenters. The molecule has 0 aliphatic heterocycles. The SMILES string of the molecule is COc1cc(C)c(NC(=O)c2ccc([N+](=O)[O-])cc2F)cc1OC. The van der Waals surface area contributed by atoms with Crippen LogP contribution in [0.1, 0.15) is 15.9 Å². The number of ether oxygens (including phenoxy) is 2. The highest BCUT2D eigenvalue weighted by Crippen LogP contribution is 2.33. The molecular weight excluding hydrogens is 319 g/mol. The van der Waals surface area contributed by atoms with Gasteiger partial charge in [0.2, 0.25) is 0 Å². The first-order valence-corrected chi connectivity index (χ1v) is 6.85. The molecule has 2 aromatic rings. The van der Waals surface area contributed by atoms with Gasteiger partial charge in [0.15, 0.2) is 11.5 Å². The van der Waals surface area contributed by atoms with Gasteiger partial charge in [-0.05, 0) is 24.6 Å². The summed E-state index contributed by atoms with van der Waals surface area (Å²) in [6.45, 7) is 1.74. The molecule has 0 aliphatic rings. The molecule has 0 heterocycles. The molecule has 0 spiro atoms. The van der Waals surface area contributed by atoms with Crippen LogP contribution in [0.4, 0.5) is 15.8 Å². The number of nitro benzene ring substituents is 1. The molecule has 1 N–H and O–H groups in total. The number of rotatable bonds is 5. The van der Waals surface area contributed by atoms with E-state index in [1.165, 1.54) is 14.2 Å². The van der Waals surface area contributed by atoms with Crippen molar-refractivity contribution in [3.05, 3.63) is 57.4 Å². The number of carbonyl (C=O) groups excluding carboxylic acids is 1. The number of amides is 1. The number of non-ortho nitro benzene ring substituents is 1. The van der Waals surface area contributed by atoms with Crippen molar-refractivity contribution in [2.75, 3.05) is 19.5 Å². The highest BCUT2D eigenvalue weighted by Gasteiger charge is 2.18. The molecule has 0 bridgehead atoms. The van der Waals surface area contributed by atoms with Gasteiger partial charge in [-0.2, -0.15) is 0 Å². The largest absolute Gasteiger partial charge is 0.493 e. The number of nitrogens with one attached hydrogen (secondary N) is 1. The van der Waals surface area contributed by atoms with E-state index in [4.69, 9.17) is 9.47 Å². The Balaban J connectivity index is 2.31. The molecule has 7 nitrogen and oxygen atoms in total. The average molecular weight is 334 g/mol. The van der Waals surface area contributed by atoms with Crippen LogP contribution in [-0.4, -0.2) is 25.1 Å². The maximum atomic E-state index is 13.9. The van der Waals surface area contributed by atoms with Crippen LogP contribution in [0.5, 0.6) is 11.5 Å². The van der Waals surface area contributed by atoms with Crippen molar-refractivity contribution in [3.63, 3.8) is 0 Å². The Labute approximate surface area is 137 Å². The summed E-state index contributed by atoms with van der Waals surface area (Å²) < 4.78 is 24.2. The lowest BCUT2D eigenvalue weighted by molar-refractivity contribution is -0.385. The molecule has 0 saturated carbocycles. The lowest BCUT2D eigenvalue weighted by atomic mass is 10.1. The van der Waals surface area contributed by atoms with E-state index >= 15 is 0 Å². The van der Waals surface area contributed by atoms with Crippen molar-refractivity contribution in [2.24, 2.45) is 0 Å². The van der Waals surface area contributed by atoms with Crippen LogP contribution in [0.25, 0.3) is 0 Å². The summed E-state index contributed by atoms with van der Waals surface area (Å²) >= 11 is 0. The summed E-state index contributed by atoms with van der Waals surface area (Å²) in [6.07, 6.45) is 0. The van der Waals surface area contributed by atoms with E-state index in [-0.39, 0.29) is 5.56 Å². The van der Waals surface area contributed by atoms with Crippen molar-refractivity contribution in [1.29, 1.82) is 0 Å². The molecule has 126 valence electrons. The number of benzene rings is 2. The molecule has 8 heteroatoms. The highest BCUT2D eigenvalue weighted by atomic mass is 19.1. The average Bonchev–Trinajstić information content (AvgIpc) is 2.55. The Bertz CT molecular complexity index is 807. The Hall–Kier alpha value is -3.16. The molecule has 0 radical (unpaired) electrons. The topological polar surface area (TPSA) is 90.7 Å². The fourth-order valence-corrected chi connectivity index (χ4v) is 2.11. The van der Waals surface area contributed by atoms with Gasteiger partial charge in [0, 0.05) is 17.8 Å². The quantitative estimate of drug-likeness (QED) is 0.669. The van der Waals surface area contributed by atoms with E-state index in [1.54, 1.807) is 19.1 Å². The Kier molecular flexibility index (Phi) is 4.98. The number of hydrogen-bond donors (Lipinski definition) is 1. The van der Waals surface area contributed by atoms with Crippen LogP contribution in [0.15, 0.2) is 30.3 Å². The molecule has 0 atom stereocenters. The van der Waals surface area contributed by atoms with Crippen LogP contribution >= 0.6 is 0 Å². The number of aryl methyl sites for hydroxylation is 1. The molecule has 1 amide bonds. The predicted octanol–water partition coefficient (Wildman–Crippen LogP) is 3.31. The van der Waals surface area contributed by atoms with Crippen molar-refractivity contribution in [3.8, 4) is 11.5 Å². The zero-order valence-electron chi connectivity index (χ0n) is 13.3. The van der Waals surface area contributed by atoms with Crippen LogP contribution in [0.2, 0.25) is 0 Å². The first-order chi connectivity index (χ1) is 11.4. The van der Waals surface area contributed by atoms with Crippen molar-refractivity contribution >= 4 is 17.3 Å². The fourth-order valence-electron chi connectivity index (χ4n) is 2.11. The second-order valence-electron chi connectivity index (χ2n) is 4.90. The number of nitrogens with zero attached hydrogens (tertiary/aromatic N) is 1. The number of anilines is 1. The lowest BCUT2D eigenvalue weighted by Crippen LogP contribution is -2.15. The molecule has 0 aromatic heterocycles. The van der Waals surface area contributed by atoms with Gasteiger partial charge in [0.1, 0.15) is 5.82 Å². The first kappa shape index (κ1) is 17.2. The maximum Gasteiger partial charge on any atom is 0.272 e. The Morgan fingerprint density at radius 3 is 2.33 bits per heavy atom. The summed E-state index contributed by atoms with van der Waals surface area (Å²) in [7, 11) is 2.94. The van der Waals surface area contributed by atoms with Crippen molar-refractivity contribution < 1.29 is 23.6 Å². The standard InChI is InChI=1S/C16H15FN2O5/c1-9-6-14(23-2)15(24-3)8-13(9)18-16(20)11-5-4-10(19(21)22)7-12(11)17/h4-8H,1-3H3,(H,18,20). The Morgan fingerprint density at radius 2 is 1.79 bits per heavy atom. The smallest absolute Gasteiger partial charge is 0.272 e. The molecule has 0 saturated heterocycles. The summed E-state index contributed by atoms with van der Waals surface area (Å²) in [5.41, 5.74) is 0.375. The van der Waals surface area contributed by atoms with Gasteiger partial charge in [0.05, 0.1) is 30.8 Å². The number of hydrogen-bond acceptors (Lipinski definition) is 5. The van der Waals surface area contributed by atoms with Crippen LogP contribution in [0, 0.1) is 22.9 Å². The van der Waals surface area contributed by atoms with E-state index in [2.05, 4.69) is 5.32 Å². The third-order valence-electron chi connectivity index (χ3n) is 3.39. The summed E-state index contributed by atoms with van der Waals surface area (Å²) in [6, 6.07) is 6.06. The minimum Gasteiger partial charge on any atom is -0.493 e. The summed E-state index contributed by atoms with van der Waals surface area (Å²) in [5.74, 6) is -0.797. The van der Waals surface area contributed by atoms with Crippen LogP contribution in [0.3, 0.4) is 0 Å². The van der Waals surface area contributed by atoms with Gasteiger partial charge in [-0.25, -0.2) is 4.39 Å². The molecule has 2 rings (SSSR count). The zero-order chi connectivity index (χ0) is 17.9. The molecular formula is C16H15FN2O5.